The minimum absolute atomic E-state index is 0.0767. The lowest BCUT2D eigenvalue weighted by atomic mass is 9.92. The Kier molecular flexibility index (Phi) is 4.96. The highest BCUT2D eigenvalue weighted by atomic mass is 16.6. The first-order chi connectivity index (χ1) is 14.2. The molecule has 1 heterocycles. The normalized spacial score (nSPS) is 11.6. The maximum Gasteiger partial charge on any atom is 0.277 e. The molecule has 140 valence electrons. The molecule has 0 radical (unpaired) electrons. The van der Waals surface area contributed by atoms with Crippen molar-refractivity contribution in [2.45, 2.75) is 6.42 Å². The van der Waals surface area contributed by atoms with Crippen LogP contribution in [0.3, 0.4) is 0 Å². The third-order valence-corrected chi connectivity index (χ3v) is 4.77. The number of rotatable bonds is 5. The molecule has 4 nitrogen and oxygen atoms in total. The smallest absolute Gasteiger partial charge is 0.277 e. The van der Waals surface area contributed by atoms with Crippen LogP contribution in [-0.2, 0) is 6.42 Å². The van der Waals surface area contributed by atoms with Gasteiger partial charge < -0.3 is 4.42 Å². The highest BCUT2D eigenvalue weighted by Crippen LogP contribution is 2.41. The Balaban J connectivity index is 1.97. The number of nitrogens with zero attached hydrogens (tertiary/aromatic N) is 1. The third kappa shape index (κ3) is 3.42. The van der Waals surface area contributed by atoms with Gasteiger partial charge in [-0.15, -0.1) is 6.42 Å². The monoisotopic (exact) mass is 379 g/mol. The van der Waals surface area contributed by atoms with Gasteiger partial charge in [-0.25, -0.2) is 0 Å². The van der Waals surface area contributed by atoms with E-state index in [-0.39, 0.29) is 10.6 Å². The number of fused-ring (bicyclic) bond motifs is 3. The molecule has 3 aromatic carbocycles. The van der Waals surface area contributed by atoms with Gasteiger partial charge in [0.15, 0.2) is 0 Å². The number of hydrogen-bond donors (Lipinski definition) is 0. The molecule has 0 aliphatic heterocycles. The van der Waals surface area contributed by atoms with Crippen LogP contribution < -0.4 is 0 Å². The molecule has 0 amide bonds. The summed E-state index contributed by atoms with van der Waals surface area (Å²) in [6.45, 7) is 0. The van der Waals surface area contributed by atoms with Gasteiger partial charge in [0, 0.05) is 22.4 Å². The molecule has 0 saturated heterocycles. The highest BCUT2D eigenvalue weighted by molar-refractivity contribution is 6.13. The molecule has 1 aromatic heterocycles. The van der Waals surface area contributed by atoms with Crippen LogP contribution >= 0.6 is 0 Å². The van der Waals surface area contributed by atoms with Crippen molar-refractivity contribution in [2.75, 3.05) is 0 Å². The Morgan fingerprint density at radius 2 is 1.79 bits per heavy atom. The average molecular weight is 379 g/mol. The van der Waals surface area contributed by atoms with Gasteiger partial charge in [-0.05, 0) is 30.2 Å². The Labute approximate surface area is 167 Å². The molecule has 4 aromatic rings. The molecule has 4 heteroatoms. The lowest BCUT2D eigenvalue weighted by Crippen LogP contribution is -1.97. The minimum Gasteiger partial charge on any atom is -0.456 e. The van der Waals surface area contributed by atoms with E-state index in [1.165, 1.54) is 0 Å². The molecule has 0 N–H and O–H groups in total. The van der Waals surface area contributed by atoms with Gasteiger partial charge in [-0.3, -0.25) is 10.1 Å². The van der Waals surface area contributed by atoms with E-state index in [2.05, 4.69) is 5.92 Å². The van der Waals surface area contributed by atoms with Gasteiger partial charge in [0.05, 0.1) is 10.5 Å². The molecule has 29 heavy (non-hydrogen) atoms. The first-order valence-corrected chi connectivity index (χ1v) is 9.15. The quantitative estimate of drug-likeness (QED) is 0.173. The van der Waals surface area contributed by atoms with E-state index >= 15 is 0 Å². The fourth-order valence-corrected chi connectivity index (χ4v) is 3.59. The van der Waals surface area contributed by atoms with Gasteiger partial charge in [-0.1, -0.05) is 66.6 Å². The third-order valence-electron chi connectivity index (χ3n) is 4.77. The van der Waals surface area contributed by atoms with Crippen molar-refractivity contribution in [1.82, 2.24) is 0 Å². The molecule has 0 atom stereocenters. The lowest BCUT2D eigenvalue weighted by molar-refractivity contribution is -0.384. The largest absolute Gasteiger partial charge is 0.456 e. The molecule has 0 unspecified atom stereocenters. The number of terminal acetylenes is 1. The molecule has 4 rings (SSSR count). The number of hydrogen-bond acceptors (Lipinski definition) is 3. The summed E-state index contributed by atoms with van der Waals surface area (Å²) >= 11 is 0. The molecule has 0 spiro atoms. The summed E-state index contributed by atoms with van der Waals surface area (Å²) in [5, 5.41) is 13.7. The van der Waals surface area contributed by atoms with Gasteiger partial charge in [0.2, 0.25) is 0 Å². The number of para-hydroxylation sites is 1. The van der Waals surface area contributed by atoms with E-state index in [0.717, 1.165) is 27.5 Å². The lowest BCUT2D eigenvalue weighted by Gasteiger charge is -2.10. The summed E-state index contributed by atoms with van der Waals surface area (Å²) in [4.78, 5) is 11.5. The van der Waals surface area contributed by atoms with Crippen molar-refractivity contribution in [1.29, 1.82) is 0 Å². The Morgan fingerprint density at radius 3 is 2.62 bits per heavy atom. The fraction of sp³-hybridized carbons (Fsp3) is 0.0400. The van der Waals surface area contributed by atoms with Crippen LogP contribution in [0.5, 0.6) is 0 Å². The van der Waals surface area contributed by atoms with Crippen LogP contribution in [0.4, 0.5) is 5.69 Å². The summed E-state index contributed by atoms with van der Waals surface area (Å²) in [5.41, 5.74) is 3.81. The van der Waals surface area contributed by atoms with Gasteiger partial charge in [0.25, 0.3) is 5.69 Å². The second kappa shape index (κ2) is 7.87. The first-order valence-electron chi connectivity index (χ1n) is 9.15. The summed E-state index contributed by atoms with van der Waals surface area (Å²) in [5.74, 6) is 2.43. The van der Waals surface area contributed by atoms with Crippen LogP contribution in [0, 0.1) is 22.5 Å². The number of benzene rings is 3. The number of allylic oxidation sites excluding steroid dienone is 4. The van der Waals surface area contributed by atoms with Crippen LogP contribution in [-0.4, -0.2) is 4.92 Å². The second-order valence-electron chi connectivity index (χ2n) is 6.50. The Bertz CT molecular complexity index is 1320. The van der Waals surface area contributed by atoms with Crippen molar-refractivity contribution in [3.8, 4) is 23.5 Å². The number of nitro groups is 1. The van der Waals surface area contributed by atoms with E-state index in [9.17, 15) is 10.1 Å². The van der Waals surface area contributed by atoms with E-state index in [0.29, 0.717) is 17.6 Å². The number of nitro benzene ring substituents is 1. The molecule has 0 saturated carbocycles. The first kappa shape index (κ1) is 18.3. The van der Waals surface area contributed by atoms with Crippen LogP contribution in [0.2, 0.25) is 0 Å². The zero-order valence-electron chi connectivity index (χ0n) is 15.5. The zero-order chi connectivity index (χ0) is 20.2. The number of furan rings is 1. The molecule has 0 bridgehead atoms. The molecule has 0 aliphatic carbocycles. The van der Waals surface area contributed by atoms with Gasteiger partial charge in [-0.2, -0.15) is 0 Å². The van der Waals surface area contributed by atoms with Gasteiger partial charge in [0.1, 0.15) is 11.2 Å². The van der Waals surface area contributed by atoms with Crippen LogP contribution in [0.1, 0.15) is 5.56 Å². The van der Waals surface area contributed by atoms with Crippen molar-refractivity contribution in [3.63, 3.8) is 0 Å². The maximum absolute atomic E-state index is 11.8. The maximum atomic E-state index is 11.8. The minimum atomic E-state index is -0.331. The molecular weight excluding hydrogens is 362 g/mol. The average Bonchev–Trinajstić information content (AvgIpc) is 3.12. The standard InChI is InChI=1S/C25H17NO3/c1-2-3-4-5-6-11-18-12-9-15-21(26(27)28)24(18)20-14-10-17-23-25(20)19-13-7-8-16-22(19)29-23/h1,3-10,12-17H,11H2/b4-3-,6-5-. The van der Waals surface area contributed by atoms with Crippen molar-refractivity contribution in [2.24, 2.45) is 0 Å². The van der Waals surface area contributed by atoms with Crippen LogP contribution in [0.25, 0.3) is 33.1 Å². The van der Waals surface area contributed by atoms with Crippen LogP contribution in [0.15, 0.2) is 89.4 Å². The topological polar surface area (TPSA) is 56.3 Å². The Morgan fingerprint density at radius 1 is 1.00 bits per heavy atom. The molecule has 0 fully saturated rings. The molecule has 0 aliphatic rings. The highest BCUT2D eigenvalue weighted by Gasteiger charge is 2.22. The molecular formula is C25H17NO3. The second-order valence-corrected chi connectivity index (χ2v) is 6.50. The predicted octanol–water partition coefficient (Wildman–Crippen LogP) is 6.45. The van der Waals surface area contributed by atoms with Crippen molar-refractivity contribution < 1.29 is 9.34 Å². The van der Waals surface area contributed by atoms with Crippen molar-refractivity contribution >= 4 is 27.6 Å². The fourth-order valence-electron chi connectivity index (χ4n) is 3.59. The predicted molar refractivity (Wildman–Crippen MR) is 117 cm³/mol. The van der Waals surface area contributed by atoms with E-state index < -0.39 is 0 Å². The SMILES string of the molecule is C#C/C=C\C=C/Cc1cccc([N+](=O)[O-])c1-c1cccc2oc3ccccc3c12. The Hall–Kier alpha value is -4.10. The summed E-state index contributed by atoms with van der Waals surface area (Å²) in [6.07, 6.45) is 12.9. The zero-order valence-corrected chi connectivity index (χ0v) is 15.5. The summed E-state index contributed by atoms with van der Waals surface area (Å²) < 4.78 is 5.97. The van der Waals surface area contributed by atoms with Crippen molar-refractivity contribution in [3.05, 3.63) is 101 Å². The van der Waals surface area contributed by atoms with Gasteiger partial charge >= 0.3 is 0 Å². The summed E-state index contributed by atoms with van der Waals surface area (Å²) in [7, 11) is 0. The van der Waals surface area contributed by atoms with E-state index in [1.54, 1.807) is 24.3 Å². The summed E-state index contributed by atoms with van der Waals surface area (Å²) in [6, 6.07) is 18.6. The van der Waals surface area contributed by atoms with E-state index in [4.69, 9.17) is 10.8 Å². The van der Waals surface area contributed by atoms with E-state index in [1.807, 2.05) is 60.7 Å².